The Bertz CT molecular complexity index is 301. The van der Waals surface area contributed by atoms with Crippen LogP contribution in [0.2, 0.25) is 0 Å². The summed E-state index contributed by atoms with van der Waals surface area (Å²) >= 11 is 1.58. The van der Waals surface area contributed by atoms with E-state index in [0.717, 1.165) is 25.4 Å². The third-order valence-corrected chi connectivity index (χ3v) is 6.16. The molecular formula is C10H21NO3S2. The molecule has 16 heavy (non-hydrogen) atoms. The molecule has 1 N–H and O–H groups in total. The fourth-order valence-electron chi connectivity index (χ4n) is 1.83. The Morgan fingerprint density at radius 1 is 1.31 bits per heavy atom. The van der Waals surface area contributed by atoms with E-state index in [4.69, 9.17) is 0 Å². The van der Waals surface area contributed by atoms with E-state index in [0.29, 0.717) is 0 Å². The van der Waals surface area contributed by atoms with Crippen molar-refractivity contribution in [2.24, 2.45) is 0 Å². The van der Waals surface area contributed by atoms with Crippen LogP contribution in [0.15, 0.2) is 0 Å². The minimum atomic E-state index is -2.99. The monoisotopic (exact) mass is 267 g/mol. The number of aliphatic hydroxyl groups is 1. The number of aliphatic hydroxyl groups excluding tert-OH is 1. The van der Waals surface area contributed by atoms with Gasteiger partial charge >= 0.3 is 0 Å². The highest BCUT2D eigenvalue weighted by molar-refractivity contribution is 8.01. The van der Waals surface area contributed by atoms with Gasteiger partial charge in [-0.2, -0.15) is 11.8 Å². The van der Waals surface area contributed by atoms with Crippen molar-refractivity contribution >= 4 is 21.6 Å². The molecule has 1 aliphatic rings. The molecule has 4 nitrogen and oxygen atoms in total. The average molecular weight is 267 g/mol. The van der Waals surface area contributed by atoms with Crippen LogP contribution in [0.4, 0.5) is 0 Å². The fraction of sp³-hybridized carbons (Fsp3) is 1.00. The van der Waals surface area contributed by atoms with Crippen molar-refractivity contribution in [2.45, 2.75) is 25.2 Å². The van der Waals surface area contributed by atoms with Crippen LogP contribution in [0.25, 0.3) is 0 Å². The summed E-state index contributed by atoms with van der Waals surface area (Å²) in [5.74, 6) is 0.964. The molecule has 2 unspecified atom stereocenters. The van der Waals surface area contributed by atoms with Crippen molar-refractivity contribution in [2.75, 3.05) is 36.9 Å². The number of thioether (sulfide) groups is 1. The van der Waals surface area contributed by atoms with Crippen LogP contribution in [0.3, 0.4) is 0 Å². The summed E-state index contributed by atoms with van der Waals surface area (Å²) in [5.41, 5.74) is 0. The Morgan fingerprint density at radius 2 is 1.94 bits per heavy atom. The van der Waals surface area contributed by atoms with E-state index in [-0.39, 0.29) is 16.8 Å². The smallest absolute Gasteiger partial charge is 0.154 e. The Morgan fingerprint density at radius 3 is 2.38 bits per heavy atom. The molecule has 1 aliphatic heterocycles. The average Bonchev–Trinajstić information content (AvgIpc) is 2.47. The Balaban J connectivity index is 2.28. The van der Waals surface area contributed by atoms with Crippen molar-refractivity contribution < 1.29 is 13.5 Å². The Hall–Kier alpha value is 0.220. The van der Waals surface area contributed by atoms with Crippen LogP contribution in [0.1, 0.15) is 13.8 Å². The molecule has 0 saturated carbocycles. The molecule has 0 aromatic rings. The first-order valence-electron chi connectivity index (χ1n) is 5.71. The number of rotatable bonds is 6. The lowest BCUT2D eigenvalue weighted by molar-refractivity contribution is 0.207. The molecule has 96 valence electrons. The summed E-state index contributed by atoms with van der Waals surface area (Å²) in [6.07, 6.45) is -0.674. The van der Waals surface area contributed by atoms with Crippen LogP contribution < -0.4 is 0 Å². The lowest BCUT2D eigenvalue weighted by atomic mass is 10.3. The third-order valence-electron chi connectivity index (χ3n) is 2.91. The summed E-state index contributed by atoms with van der Waals surface area (Å²) in [7, 11) is -2.99. The highest BCUT2D eigenvalue weighted by Gasteiger charge is 2.36. The zero-order chi connectivity index (χ0) is 12.2. The first-order valence-corrected chi connectivity index (χ1v) is 8.58. The zero-order valence-electron chi connectivity index (χ0n) is 9.92. The molecule has 1 saturated heterocycles. The second kappa shape index (κ2) is 6.23. The Labute approximate surface area is 102 Å². The molecule has 0 spiro atoms. The van der Waals surface area contributed by atoms with Gasteiger partial charge in [-0.15, -0.1) is 0 Å². The second-order valence-corrected chi connectivity index (χ2v) is 7.58. The van der Waals surface area contributed by atoms with E-state index in [2.05, 4.69) is 18.7 Å². The molecule has 0 amide bonds. The van der Waals surface area contributed by atoms with E-state index in [9.17, 15) is 13.5 Å². The quantitative estimate of drug-likeness (QED) is 0.746. The molecule has 0 aliphatic carbocycles. The van der Waals surface area contributed by atoms with Gasteiger partial charge in [-0.25, -0.2) is 8.42 Å². The van der Waals surface area contributed by atoms with Gasteiger partial charge in [0.25, 0.3) is 0 Å². The molecule has 1 fully saturated rings. The van der Waals surface area contributed by atoms with Crippen molar-refractivity contribution in [1.82, 2.24) is 4.90 Å². The van der Waals surface area contributed by atoms with Crippen molar-refractivity contribution in [3.8, 4) is 0 Å². The van der Waals surface area contributed by atoms with E-state index in [1.807, 2.05) is 0 Å². The zero-order valence-corrected chi connectivity index (χ0v) is 11.6. The van der Waals surface area contributed by atoms with Gasteiger partial charge in [0.2, 0.25) is 0 Å². The molecule has 0 bridgehead atoms. The van der Waals surface area contributed by atoms with Gasteiger partial charge in [0, 0.05) is 17.5 Å². The highest BCUT2D eigenvalue weighted by atomic mass is 32.2. The highest BCUT2D eigenvalue weighted by Crippen LogP contribution is 2.24. The van der Waals surface area contributed by atoms with E-state index < -0.39 is 15.9 Å². The predicted molar refractivity (Wildman–Crippen MR) is 68.7 cm³/mol. The van der Waals surface area contributed by atoms with Gasteiger partial charge in [-0.1, -0.05) is 13.8 Å². The minimum absolute atomic E-state index is 0.0596. The van der Waals surface area contributed by atoms with E-state index in [1.165, 1.54) is 0 Å². The topological polar surface area (TPSA) is 57.6 Å². The molecule has 6 heteroatoms. The van der Waals surface area contributed by atoms with Crippen molar-refractivity contribution in [1.29, 1.82) is 0 Å². The molecule has 1 heterocycles. The predicted octanol–water partition coefficient (Wildman–Crippen LogP) is 0.219. The number of sulfone groups is 1. The third kappa shape index (κ3) is 4.24. The maximum Gasteiger partial charge on any atom is 0.154 e. The van der Waals surface area contributed by atoms with E-state index >= 15 is 0 Å². The standard InChI is InChI=1S/C10H21NO3S2/c1-3-11(4-2)5-6-15-10-8-16(13,14)7-9(10)12/h9-10,12H,3-8H2,1-2H3. The van der Waals surface area contributed by atoms with Crippen LogP contribution >= 0.6 is 11.8 Å². The first kappa shape index (κ1) is 14.3. The van der Waals surface area contributed by atoms with Gasteiger partial charge in [0.1, 0.15) is 0 Å². The van der Waals surface area contributed by atoms with Gasteiger partial charge in [-0.3, -0.25) is 0 Å². The van der Waals surface area contributed by atoms with Gasteiger partial charge < -0.3 is 10.0 Å². The van der Waals surface area contributed by atoms with Crippen LogP contribution in [-0.2, 0) is 9.84 Å². The summed E-state index contributed by atoms with van der Waals surface area (Å²) in [4.78, 5) is 2.29. The summed E-state index contributed by atoms with van der Waals surface area (Å²) in [5, 5.41) is 9.47. The lowest BCUT2D eigenvalue weighted by Crippen LogP contribution is -2.27. The largest absolute Gasteiger partial charge is 0.391 e. The molecule has 1 rings (SSSR count). The summed E-state index contributed by atoms with van der Waals surface area (Å²) in [6, 6.07) is 0. The molecule has 0 aromatic carbocycles. The fourth-order valence-corrected chi connectivity index (χ4v) is 5.55. The number of hydrogen-bond donors (Lipinski definition) is 1. The summed E-state index contributed by atoms with van der Waals surface area (Å²) in [6.45, 7) is 7.22. The first-order chi connectivity index (χ1) is 7.48. The number of hydrogen-bond acceptors (Lipinski definition) is 5. The van der Waals surface area contributed by atoms with Crippen LogP contribution in [0, 0.1) is 0 Å². The molecule has 0 aromatic heterocycles. The van der Waals surface area contributed by atoms with Gasteiger partial charge in [0.15, 0.2) is 9.84 Å². The van der Waals surface area contributed by atoms with Crippen LogP contribution in [0.5, 0.6) is 0 Å². The summed E-state index contributed by atoms with van der Waals surface area (Å²) < 4.78 is 22.6. The minimum Gasteiger partial charge on any atom is -0.391 e. The normalized spacial score (nSPS) is 28.8. The molecule has 2 atom stereocenters. The van der Waals surface area contributed by atoms with Crippen molar-refractivity contribution in [3.05, 3.63) is 0 Å². The van der Waals surface area contributed by atoms with Crippen LogP contribution in [-0.4, -0.2) is 66.7 Å². The van der Waals surface area contributed by atoms with Gasteiger partial charge in [0.05, 0.1) is 17.6 Å². The second-order valence-electron chi connectivity index (χ2n) is 4.08. The molecular weight excluding hydrogens is 246 g/mol. The Kier molecular flexibility index (Phi) is 5.56. The lowest BCUT2D eigenvalue weighted by Gasteiger charge is -2.19. The number of nitrogens with zero attached hydrogens (tertiary/aromatic N) is 1. The molecule has 0 radical (unpaired) electrons. The maximum absolute atomic E-state index is 11.3. The maximum atomic E-state index is 11.3. The SMILES string of the molecule is CCN(CC)CCSC1CS(=O)(=O)CC1O. The van der Waals surface area contributed by atoms with Crippen molar-refractivity contribution in [3.63, 3.8) is 0 Å². The van der Waals surface area contributed by atoms with E-state index in [1.54, 1.807) is 11.8 Å². The van der Waals surface area contributed by atoms with Gasteiger partial charge in [-0.05, 0) is 13.1 Å².